The van der Waals surface area contributed by atoms with E-state index in [0.717, 1.165) is 11.8 Å². The van der Waals surface area contributed by atoms with Crippen LogP contribution in [0.1, 0.15) is 24.2 Å². The van der Waals surface area contributed by atoms with E-state index in [1.165, 1.54) is 12.1 Å². The average Bonchev–Trinajstić information content (AvgIpc) is 3.07. The number of hydrogen-bond donors (Lipinski definition) is 0. The fourth-order valence-corrected chi connectivity index (χ4v) is 3.32. The second-order valence-corrected chi connectivity index (χ2v) is 7.89. The minimum Gasteiger partial charge on any atom is -0.466 e. The van der Waals surface area contributed by atoms with Gasteiger partial charge in [-0.15, -0.1) is 0 Å². The number of ether oxygens (including phenoxy) is 2. The van der Waals surface area contributed by atoms with Crippen LogP contribution >= 0.6 is 0 Å². The van der Waals surface area contributed by atoms with Gasteiger partial charge in [-0.2, -0.15) is 0 Å². The lowest BCUT2D eigenvalue weighted by Crippen LogP contribution is -2.26. The molecule has 0 saturated heterocycles. The molecular formula is C19H19NO5S. The largest absolute Gasteiger partial charge is 0.466 e. The summed E-state index contributed by atoms with van der Waals surface area (Å²) < 4.78 is 34.3. The van der Waals surface area contributed by atoms with Gasteiger partial charge in [0.15, 0.2) is 22.0 Å². The third-order valence-electron chi connectivity index (χ3n) is 3.97. The lowest BCUT2D eigenvalue weighted by molar-refractivity contribution is -0.146. The normalized spacial score (nSPS) is 19.5. The third kappa shape index (κ3) is 3.77. The summed E-state index contributed by atoms with van der Waals surface area (Å²) in [4.78, 5) is 16.9. The molecule has 2 atom stereocenters. The predicted molar refractivity (Wildman–Crippen MR) is 96.8 cm³/mol. The van der Waals surface area contributed by atoms with Crippen molar-refractivity contribution in [3.8, 4) is 0 Å². The third-order valence-corrected chi connectivity index (χ3v) is 5.10. The smallest absolute Gasteiger partial charge is 0.335 e. The Bertz CT molecular complexity index is 920. The molecule has 26 heavy (non-hydrogen) atoms. The van der Waals surface area contributed by atoms with Crippen molar-refractivity contribution in [2.75, 3.05) is 12.9 Å². The van der Waals surface area contributed by atoms with Gasteiger partial charge in [-0.1, -0.05) is 30.3 Å². The summed E-state index contributed by atoms with van der Waals surface area (Å²) in [5.74, 6) is -0.114. The molecule has 0 radical (unpaired) electrons. The molecule has 0 saturated carbocycles. The van der Waals surface area contributed by atoms with E-state index < -0.39 is 28.0 Å². The zero-order valence-electron chi connectivity index (χ0n) is 14.5. The van der Waals surface area contributed by atoms with Gasteiger partial charge in [0.25, 0.3) is 0 Å². The Hall–Kier alpha value is -2.67. The van der Waals surface area contributed by atoms with Gasteiger partial charge in [0.2, 0.25) is 5.90 Å². The van der Waals surface area contributed by atoms with Crippen LogP contribution in [-0.2, 0) is 24.1 Å². The van der Waals surface area contributed by atoms with Crippen LogP contribution in [-0.4, -0.2) is 39.2 Å². The minimum atomic E-state index is -3.30. The minimum absolute atomic E-state index is 0.205. The molecule has 136 valence electrons. The topological polar surface area (TPSA) is 82.0 Å². The molecule has 0 fully saturated rings. The van der Waals surface area contributed by atoms with Gasteiger partial charge < -0.3 is 9.47 Å². The van der Waals surface area contributed by atoms with Crippen molar-refractivity contribution in [1.82, 2.24) is 0 Å². The molecule has 7 heteroatoms. The fourth-order valence-electron chi connectivity index (χ4n) is 2.69. The molecule has 1 heterocycles. The van der Waals surface area contributed by atoms with E-state index >= 15 is 0 Å². The van der Waals surface area contributed by atoms with Gasteiger partial charge in [0.1, 0.15) is 0 Å². The standard InChI is InChI=1S/C19H19NO5S/c1-3-24-19(21)16-17(13-9-11-15(12-10-13)26(2,22)23)25-18(20-16)14-7-5-4-6-8-14/h4-12,16-17H,3H2,1-2H3/t16-,17-/m1/s1. The Morgan fingerprint density at radius 3 is 2.35 bits per heavy atom. The number of aliphatic imine (C=N–C) groups is 1. The van der Waals surface area contributed by atoms with E-state index in [1.807, 2.05) is 30.3 Å². The Labute approximate surface area is 152 Å². The maximum absolute atomic E-state index is 12.3. The van der Waals surface area contributed by atoms with Crippen molar-refractivity contribution in [3.63, 3.8) is 0 Å². The lowest BCUT2D eigenvalue weighted by Gasteiger charge is -2.17. The number of esters is 1. The van der Waals surface area contributed by atoms with Crippen LogP contribution in [0.15, 0.2) is 64.5 Å². The number of carbonyl (C=O) groups is 1. The van der Waals surface area contributed by atoms with Crippen LogP contribution in [0.2, 0.25) is 0 Å². The van der Waals surface area contributed by atoms with Gasteiger partial charge in [-0.05, 0) is 36.8 Å². The Morgan fingerprint density at radius 2 is 1.77 bits per heavy atom. The first kappa shape index (κ1) is 18.1. The van der Waals surface area contributed by atoms with Crippen molar-refractivity contribution in [3.05, 3.63) is 65.7 Å². The molecule has 0 aromatic heterocycles. The zero-order chi connectivity index (χ0) is 18.7. The second kappa shape index (κ2) is 7.29. The number of sulfone groups is 1. The summed E-state index contributed by atoms with van der Waals surface area (Å²) in [5, 5.41) is 0. The van der Waals surface area contributed by atoms with E-state index in [-0.39, 0.29) is 11.5 Å². The van der Waals surface area contributed by atoms with Gasteiger partial charge in [-0.3, -0.25) is 0 Å². The van der Waals surface area contributed by atoms with Crippen molar-refractivity contribution >= 4 is 21.7 Å². The molecule has 0 amide bonds. The fraction of sp³-hybridized carbons (Fsp3) is 0.263. The summed E-state index contributed by atoms with van der Waals surface area (Å²) in [6.45, 7) is 1.97. The molecule has 2 aromatic rings. The molecule has 1 aliphatic rings. The first-order valence-electron chi connectivity index (χ1n) is 8.16. The van der Waals surface area contributed by atoms with Crippen LogP contribution in [0.4, 0.5) is 0 Å². The molecule has 2 aromatic carbocycles. The van der Waals surface area contributed by atoms with Crippen LogP contribution < -0.4 is 0 Å². The molecule has 0 bridgehead atoms. The monoisotopic (exact) mass is 373 g/mol. The van der Waals surface area contributed by atoms with Crippen LogP contribution in [0.5, 0.6) is 0 Å². The maximum Gasteiger partial charge on any atom is 0.335 e. The van der Waals surface area contributed by atoms with Gasteiger partial charge in [-0.25, -0.2) is 18.2 Å². The quantitative estimate of drug-likeness (QED) is 0.752. The van der Waals surface area contributed by atoms with Gasteiger partial charge in [0.05, 0.1) is 11.5 Å². The van der Waals surface area contributed by atoms with E-state index in [9.17, 15) is 13.2 Å². The SMILES string of the molecule is CCOC(=O)[C@@H]1N=C(c2ccccc2)O[C@@H]1c1ccc(S(C)(=O)=O)cc1. The number of benzene rings is 2. The molecule has 6 nitrogen and oxygen atoms in total. The van der Waals surface area contributed by atoms with Gasteiger partial charge >= 0.3 is 5.97 Å². The van der Waals surface area contributed by atoms with E-state index in [1.54, 1.807) is 19.1 Å². The molecule has 0 aliphatic carbocycles. The number of nitrogens with zero attached hydrogens (tertiary/aromatic N) is 1. The van der Waals surface area contributed by atoms with E-state index in [2.05, 4.69) is 4.99 Å². The lowest BCUT2D eigenvalue weighted by atomic mass is 10.0. The van der Waals surface area contributed by atoms with Crippen LogP contribution in [0, 0.1) is 0 Å². The summed E-state index contributed by atoms with van der Waals surface area (Å²) >= 11 is 0. The molecule has 3 rings (SSSR count). The average molecular weight is 373 g/mol. The van der Waals surface area contributed by atoms with E-state index in [4.69, 9.17) is 9.47 Å². The van der Waals surface area contributed by atoms with Crippen molar-refractivity contribution in [2.45, 2.75) is 24.0 Å². The highest BCUT2D eigenvalue weighted by molar-refractivity contribution is 7.90. The molecule has 0 unspecified atom stereocenters. The summed E-state index contributed by atoms with van der Waals surface area (Å²) in [5.41, 5.74) is 1.42. The van der Waals surface area contributed by atoms with Crippen molar-refractivity contribution in [1.29, 1.82) is 0 Å². The summed E-state index contributed by atoms with van der Waals surface area (Å²) in [6, 6.07) is 14.7. The Morgan fingerprint density at radius 1 is 1.12 bits per heavy atom. The highest BCUT2D eigenvalue weighted by atomic mass is 32.2. The summed E-state index contributed by atoms with van der Waals surface area (Å²) in [7, 11) is -3.30. The maximum atomic E-state index is 12.3. The molecular weight excluding hydrogens is 354 g/mol. The number of carbonyl (C=O) groups excluding carboxylic acids is 1. The van der Waals surface area contributed by atoms with Crippen LogP contribution in [0.3, 0.4) is 0 Å². The second-order valence-electron chi connectivity index (χ2n) is 5.88. The Kier molecular flexibility index (Phi) is 5.08. The first-order valence-corrected chi connectivity index (χ1v) is 10.1. The predicted octanol–water partition coefficient (Wildman–Crippen LogP) is 2.54. The highest BCUT2D eigenvalue weighted by Gasteiger charge is 2.39. The van der Waals surface area contributed by atoms with Crippen molar-refractivity contribution < 1.29 is 22.7 Å². The first-order chi connectivity index (χ1) is 12.4. The number of rotatable bonds is 5. The van der Waals surface area contributed by atoms with Crippen molar-refractivity contribution in [2.24, 2.45) is 4.99 Å². The molecule has 0 spiro atoms. The Balaban J connectivity index is 1.93. The zero-order valence-corrected chi connectivity index (χ0v) is 15.3. The molecule has 1 aliphatic heterocycles. The molecule has 0 N–H and O–H groups in total. The summed E-state index contributed by atoms with van der Waals surface area (Å²) in [6.07, 6.45) is 0.476. The van der Waals surface area contributed by atoms with Crippen LogP contribution in [0.25, 0.3) is 0 Å². The highest BCUT2D eigenvalue weighted by Crippen LogP contribution is 2.32. The van der Waals surface area contributed by atoms with Gasteiger partial charge in [0, 0.05) is 11.8 Å². The number of hydrogen-bond acceptors (Lipinski definition) is 6. The van der Waals surface area contributed by atoms with E-state index in [0.29, 0.717) is 11.5 Å².